The Balaban J connectivity index is 2.53. The first-order chi connectivity index (χ1) is 21.1. The van der Waals surface area contributed by atoms with Crippen molar-refractivity contribution in [3.05, 3.63) is 99.1 Å². The van der Waals surface area contributed by atoms with Crippen LogP contribution in [0.1, 0.15) is 141 Å². The number of benzene rings is 3. The van der Waals surface area contributed by atoms with E-state index < -0.39 is 23.4 Å². The molecule has 3 nitrogen and oxygen atoms in total. The number of hydrogen-bond acceptors (Lipinski definition) is 3. The highest BCUT2D eigenvalue weighted by Crippen LogP contribution is 2.44. The number of nitrogens with zero attached hydrogens (tertiary/aromatic N) is 1. The van der Waals surface area contributed by atoms with Crippen LogP contribution in [0.5, 0.6) is 5.75 Å². The second kappa shape index (κ2) is 12.7. The van der Waals surface area contributed by atoms with Gasteiger partial charge in [0.2, 0.25) is 0 Å². The molecule has 0 radical (unpaired) electrons. The standard InChI is InChI=1S/C41H56F3NO2/c1-25(2)35(45-24-26-17-27(41(42,43)44)15-16-34(26)46)40(47,32-20-28(36(3,4)5)18-29(21-32)37(6,7)8)33-22-30(38(9,10)11)19-31(23-33)39(12,13)14/h15-25,35,46-47H,1-14H3. The molecule has 258 valence electrons. The second-order valence-corrected chi connectivity index (χ2v) is 17.6. The Morgan fingerprint density at radius 3 is 1.19 bits per heavy atom. The largest absolute Gasteiger partial charge is 0.507 e. The first-order valence-corrected chi connectivity index (χ1v) is 16.5. The normalized spacial score (nSPS) is 14.7. The molecule has 0 bridgehead atoms. The van der Waals surface area contributed by atoms with E-state index in [1.165, 1.54) is 6.21 Å². The zero-order chi connectivity index (χ0) is 36.1. The van der Waals surface area contributed by atoms with Gasteiger partial charge in [-0.05, 0) is 79.2 Å². The molecular weight excluding hydrogens is 595 g/mol. The molecule has 0 spiro atoms. The van der Waals surface area contributed by atoms with E-state index >= 15 is 0 Å². The molecule has 0 heterocycles. The number of aliphatic hydroxyl groups is 1. The van der Waals surface area contributed by atoms with E-state index in [1.807, 2.05) is 13.8 Å². The Hall–Kier alpha value is -3.12. The van der Waals surface area contributed by atoms with Crippen LogP contribution in [0.4, 0.5) is 13.2 Å². The third-order valence-electron chi connectivity index (χ3n) is 9.00. The molecule has 0 aromatic heterocycles. The summed E-state index contributed by atoms with van der Waals surface area (Å²) in [5, 5.41) is 24.1. The number of phenolic OH excluding ortho intramolecular Hbond substituents is 1. The molecule has 3 rings (SSSR count). The Bertz CT molecular complexity index is 1460. The Morgan fingerprint density at radius 2 is 0.894 bits per heavy atom. The fourth-order valence-electron chi connectivity index (χ4n) is 5.69. The quantitative estimate of drug-likeness (QED) is 0.261. The van der Waals surface area contributed by atoms with Crippen LogP contribution in [-0.4, -0.2) is 22.5 Å². The lowest BCUT2D eigenvalue weighted by molar-refractivity contribution is -0.137. The van der Waals surface area contributed by atoms with Crippen LogP contribution in [0.15, 0.2) is 59.6 Å². The average molecular weight is 652 g/mol. The average Bonchev–Trinajstić information content (AvgIpc) is 2.90. The van der Waals surface area contributed by atoms with Crippen molar-refractivity contribution in [2.75, 3.05) is 0 Å². The maximum absolute atomic E-state index is 13.6. The molecule has 3 aromatic rings. The summed E-state index contributed by atoms with van der Waals surface area (Å²) >= 11 is 0. The first kappa shape index (κ1) is 38.3. The van der Waals surface area contributed by atoms with Crippen LogP contribution in [0.3, 0.4) is 0 Å². The van der Waals surface area contributed by atoms with Crippen LogP contribution in [0.2, 0.25) is 0 Å². The third-order valence-corrected chi connectivity index (χ3v) is 9.00. The van der Waals surface area contributed by atoms with Crippen molar-refractivity contribution in [3.8, 4) is 5.75 Å². The Kier molecular flexibility index (Phi) is 10.4. The highest BCUT2D eigenvalue weighted by atomic mass is 19.4. The molecule has 6 heteroatoms. The van der Waals surface area contributed by atoms with Gasteiger partial charge in [0.05, 0.1) is 11.6 Å². The van der Waals surface area contributed by atoms with Crippen molar-refractivity contribution in [2.45, 2.75) is 136 Å². The van der Waals surface area contributed by atoms with Gasteiger partial charge in [-0.3, -0.25) is 4.99 Å². The van der Waals surface area contributed by atoms with Gasteiger partial charge in [-0.25, -0.2) is 0 Å². The molecule has 0 fully saturated rings. The van der Waals surface area contributed by atoms with Crippen LogP contribution in [0, 0.1) is 5.92 Å². The highest BCUT2D eigenvalue weighted by Gasteiger charge is 2.44. The van der Waals surface area contributed by atoms with E-state index in [9.17, 15) is 23.4 Å². The van der Waals surface area contributed by atoms with Gasteiger partial charge in [0, 0.05) is 11.8 Å². The molecule has 0 saturated heterocycles. The van der Waals surface area contributed by atoms with Crippen LogP contribution in [-0.2, 0) is 33.4 Å². The topological polar surface area (TPSA) is 52.8 Å². The number of phenols is 1. The molecule has 0 aliphatic rings. The predicted octanol–water partition coefficient (Wildman–Crippen LogP) is 11.0. The summed E-state index contributed by atoms with van der Waals surface area (Å²) in [5.41, 5.74) is 2.00. The molecule has 0 aliphatic carbocycles. The van der Waals surface area contributed by atoms with E-state index in [1.54, 1.807) is 0 Å². The van der Waals surface area contributed by atoms with Crippen molar-refractivity contribution in [2.24, 2.45) is 10.9 Å². The fraction of sp³-hybridized carbons (Fsp3) is 0.537. The molecule has 0 aliphatic heterocycles. The molecule has 0 saturated carbocycles. The van der Waals surface area contributed by atoms with Crippen LogP contribution in [0.25, 0.3) is 0 Å². The van der Waals surface area contributed by atoms with E-state index in [0.717, 1.165) is 40.5 Å². The van der Waals surface area contributed by atoms with E-state index in [2.05, 4.69) is 119 Å². The van der Waals surface area contributed by atoms with Crippen LogP contribution >= 0.6 is 0 Å². The number of alkyl halides is 3. The van der Waals surface area contributed by atoms with Crippen LogP contribution < -0.4 is 0 Å². The number of hydrogen-bond donors (Lipinski definition) is 2. The predicted molar refractivity (Wildman–Crippen MR) is 190 cm³/mol. The lowest BCUT2D eigenvalue weighted by Crippen LogP contribution is -2.44. The molecular formula is C41H56F3NO2. The van der Waals surface area contributed by atoms with Gasteiger partial charge in [-0.1, -0.05) is 133 Å². The van der Waals surface area contributed by atoms with E-state index in [0.29, 0.717) is 11.1 Å². The second-order valence-electron chi connectivity index (χ2n) is 17.6. The molecule has 2 N–H and O–H groups in total. The highest BCUT2D eigenvalue weighted by molar-refractivity contribution is 5.84. The lowest BCUT2D eigenvalue weighted by atomic mass is 9.70. The van der Waals surface area contributed by atoms with Crippen molar-refractivity contribution < 1.29 is 23.4 Å². The lowest BCUT2D eigenvalue weighted by Gasteiger charge is -2.40. The van der Waals surface area contributed by atoms with Crippen molar-refractivity contribution in [1.82, 2.24) is 0 Å². The maximum atomic E-state index is 13.6. The minimum atomic E-state index is -4.58. The number of aromatic hydroxyl groups is 1. The summed E-state index contributed by atoms with van der Waals surface area (Å²) in [4.78, 5) is 4.87. The van der Waals surface area contributed by atoms with Crippen molar-refractivity contribution >= 4 is 6.21 Å². The summed E-state index contributed by atoms with van der Waals surface area (Å²) in [6.45, 7) is 29.6. The molecule has 3 aromatic carbocycles. The number of aliphatic imine (C=N–C) groups is 1. The fourth-order valence-corrected chi connectivity index (χ4v) is 5.69. The Morgan fingerprint density at radius 1 is 0.553 bits per heavy atom. The summed E-state index contributed by atoms with van der Waals surface area (Å²) in [7, 11) is 0. The smallest absolute Gasteiger partial charge is 0.416 e. The van der Waals surface area contributed by atoms with Crippen molar-refractivity contribution in [3.63, 3.8) is 0 Å². The molecule has 0 amide bonds. The van der Waals surface area contributed by atoms with Crippen molar-refractivity contribution in [1.29, 1.82) is 0 Å². The number of rotatable bonds is 6. The molecule has 47 heavy (non-hydrogen) atoms. The van der Waals surface area contributed by atoms with Gasteiger partial charge < -0.3 is 10.2 Å². The zero-order valence-electron chi connectivity index (χ0n) is 30.9. The van der Waals surface area contributed by atoms with E-state index in [4.69, 9.17) is 4.99 Å². The summed E-state index contributed by atoms with van der Waals surface area (Å²) in [6, 6.07) is 14.6. The van der Waals surface area contributed by atoms with Gasteiger partial charge in [-0.2, -0.15) is 13.2 Å². The summed E-state index contributed by atoms with van der Waals surface area (Å²) < 4.78 is 40.9. The van der Waals surface area contributed by atoms with Gasteiger partial charge >= 0.3 is 6.18 Å². The Labute approximate surface area is 281 Å². The number of halogens is 3. The first-order valence-electron chi connectivity index (χ1n) is 16.5. The minimum Gasteiger partial charge on any atom is -0.507 e. The van der Waals surface area contributed by atoms with E-state index in [-0.39, 0.29) is 38.9 Å². The van der Waals surface area contributed by atoms with Gasteiger partial charge in [0.25, 0.3) is 0 Å². The molecule has 1 atom stereocenters. The SMILES string of the molecule is CC(C)C(N=Cc1cc(C(F)(F)F)ccc1O)C(O)(c1cc(C(C)(C)C)cc(C(C)(C)C)c1)c1cc(C(C)(C)C)cc(C(C)(C)C)c1. The van der Waals surface area contributed by atoms with Gasteiger partial charge in [-0.15, -0.1) is 0 Å². The maximum Gasteiger partial charge on any atom is 0.416 e. The summed E-state index contributed by atoms with van der Waals surface area (Å²) in [6.07, 6.45) is -3.31. The van der Waals surface area contributed by atoms with Gasteiger partial charge in [0.15, 0.2) is 0 Å². The minimum absolute atomic E-state index is 0.0644. The van der Waals surface area contributed by atoms with Gasteiger partial charge in [0.1, 0.15) is 11.4 Å². The zero-order valence-corrected chi connectivity index (χ0v) is 30.9. The molecule has 1 unspecified atom stereocenters. The summed E-state index contributed by atoms with van der Waals surface area (Å²) in [5.74, 6) is -0.570. The monoisotopic (exact) mass is 651 g/mol. The third kappa shape index (κ3) is 8.68.